The maximum Gasteiger partial charge on any atom is 0.326 e. The van der Waals surface area contributed by atoms with E-state index in [2.05, 4.69) is 20.9 Å². The maximum absolute atomic E-state index is 13.5. The average Bonchev–Trinajstić information content (AvgIpc) is 3.33. The largest absolute Gasteiger partial charge is 0.481 e. The second-order valence-electron chi connectivity index (χ2n) is 9.34. The van der Waals surface area contributed by atoms with Crippen molar-refractivity contribution in [3.8, 4) is 0 Å². The summed E-state index contributed by atoms with van der Waals surface area (Å²) in [6.45, 7) is 0. The number of aromatic nitrogens is 1. The van der Waals surface area contributed by atoms with Gasteiger partial charge in [-0.05, 0) is 42.9 Å². The van der Waals surface area contributed by atoms with Crippen molar-refractivity contribution in [1.82, 2.24) is 20.9 Å². The third-order valence-electron chi connectivity index (χ3n) is 6.24. The summed E-state index contributed by atoms with van der Waals surface area (Å²) in [5, 5.41) is 35.4. The zero-order valence-electron chi connectivity index (χ0n) is 22.4. The molecule has 4 unspecified atom stereocenters. The fourth-order valence-electron chi connectivity index (χ4n) is 3.99. The Labute approximate surface area is 239 Å². The quantitative estimate of drug-likeness (QED) is 0.115. The Bertz CT molecular complexity index is 1250. The number of carbonyl (C=O) groups is 6. The number of carbonyl (C=O) groups excluding carboxylic acids is 3. The molecule has 1 aromatic heterocycles. The monoisotopic (exact) mass is 593 g/mol. The highest BCUT2D eigenvalue weighted by Gasteiger charge is 2.31. The Morgan fingerprint density at radius 2 is 1.41 bits per heavy atom. The van der Waals surface area contributed by atoms with Crippen molar-refractivity contribution >= 4 is 58.3 Å². The number of hydrogen-bond donors (Lipinski definition) is 8. The van der Waals surface area contributed by atoms with Gasteiger partial charge in [-0.15, -0.1) is 0 Å². The van der Waals surface area contributed by atoms with Crippen LogP contribution in [0.2, 0.25) is 0 Å². The van der Waals surface area contributed by atoms with E-state index >= 15 is 0 Å². The van der Waals surface area contributed by atoms with Crippen LogP contribution >= 0.6 is 11.8 Å². The van der Waals surface area contributed by atoms with Crippen LogP contribution in [-0.4, -0.2) is 92.1 Å². The molecule has 2 aromatic rings. The first-order valence-corrected chi connectivity index (χ1v) is 14.2. The molecule has 4 atom stereocenters. The first-order chi connectivity index (χ1) is 19.4. The molecule has 9 N–H and O–H groups in total. The van der Waals surface area contributed by atoms with E-state index in [0.29, 0.717) is 11.3 Å². The number of fused-ring (bicyclic) bond motifs is 1. The Kier molecular flexibility index (Phi) is 13.1. The number of para-hydroxylation sites is 1. The molecule has 1 aromatic carbocycles. The lowest BCUT2D eigenvalue weighted by molar-refractivity contribution is -0.143. The van der Waals surface area contributed by atoms with Gasteiger partial charge in [-0.1, -0.05) is 18.2 Å². The third kappa shape index (κ3) is 10.8. The van der Waals surface area contributed by atoms with Gasteiger partial charge < -0.3 is 42.0 Å². The molecule has 0 spiro atoms. The fraction of sp³-hybridized carbons (Fsp3) is 0.462. The number of aromatic amines is 1. The number of nitrogens with two attached hydrogens (primary N) is 1. The van der Waals surface area contributed by atoms with Crippen LogP contribution in [0, 0.1) is 0 Å². The van der Waals surface area contributed by atoms with Gasteiger partial charge in [0.25, 0.3) is 0 Å². The van der Waals surface area contributed by atoms with Gasteiger partial charge in [0.1, 0.15) is 18.1 Å². The van der Waals surface area contributed by atoms with Crippen LogP contribution in [0.4, 0.5) is 0 Å². The number of carboxylic acid groups (broad SMARTS) is 3. The number of H-pyrrole nitrogens is 1. The van der Waals surface area contributed by atoms with E-state index in [1.807, 2.05) is 18.2 Å². The highest BCUT2D eigenvalue weighted by Crippen LogP contribution is 2.19. The maximum atomic E-state index is 13.5. The molecule has 0 aliphatic heterocycles. The highest BCUT2D eigenvalue weighted by atomic mass is 32.2. The lowest BCUT2D eigenvalue weighted by atomic mass is 10.0. The van der Waals surface area contributed by atoms with E-state index in [1.165, 1.54) is 11.8 Å². The van der Waals surface area contributed by atoms with Crippen molar-refractivity contribution in [1.29, 1.82) is 0 Å². The van der Waals surface area contributed by atoms with Gasteiger partial charge in [0, 0.05) is 36.4 Å². The minimum absolute atomic E-state index is 0.000463. The van der Waals surface area contributed by atoms with Crippen molar-refractivity contribution in [2.24, 2.45) is 5.73 Å². The van der Waals surface area contributed by atoms with Gasteiger partial charge in [0.15, 0.2) is 0 Å². The van der Waals surface area contributed by atoms with Gasteiger partial charge in [0.05, 0.1) is 6.04 Å². The van der Waals surface area contributed by atoms with Crippen LogP contribution in [0.15, 0.2) is 30.5 Å². The number of hydrogen-bond acceptors (Lipinski definition) is 8. The van der Waals surface area contributed by atoms with Crippen molar-refractivity contribution in [2.75, 3.05) is 12.0 Å². The van der Waals surface area contributed by atoms with Crippen LogP contribution in [-0.2, 0) is 35.2 Å². The van der Waals surface area contributed by atoms with Crippen molar-refractivity contribution in [2.45, 2.75) is 62.7 Å². The number of amides is 3. The molecule has 0 aliphatic rings. The van der Waals surface area contributed by atoms with E-state index < -0.39 is 66.2 Å². The third-order valence-corrected chi connectivity index (χ3v) is 6.89. The minimum Gasteiger partial charge on any atom is -0.481 e. The number of thioether (sulfide) groups is 1. The Hall–Kier alpha value is -4.11. The van der Waals surface area contributed by atoms with E-state index in [0.717, 1.165) is 10.9 Å². The molecule has 0 saturated heterocycles. The predicted molar refractivity (Wildman–Crippen MR) is 150 cm³/mol. The summed E-state index contributed by atoms with van der Waals surface area (Å²) in [5.74, 6) is -5.68. The molecule has 14 nitrogen and oxygen atoms in total. The summed E-state index contributed by atoms with van der Waals surface area (Å²) < 4.78 is 0. The fourth-order valence-corrected chi connectivity index (χ4v) is 4.46. The summed E-state index contributed by atoms with van der Waals surface area (Å²) in [6, 6.07) is 2.20. The second-order valence-corrected chi connectivity index (χ2v) is 10.3. The van der Waals surface area contributed by atoms with Gasteiger partial charge in [-0.25, -0.2) is 4.79 Å². The molecule has 0 aliphatic carbocycles. The number of nitrogens with one attached hydrogen (secondary N) is 4. The first-order valence-electron chi connectivity index (χ1n) is 12.8. The van der Waals surface area contributed by atoms with E-state index in [4.69, 9.17) is 15.9 Å². The van der Waals surface area contributed by atoms with Crippen LogP contribution in [0.1, 0.15) is 37.7 Å². The minimum atomic E-state index is -1.48. The summed E-state index contributed by atoms with van der Waals surface area (Å²) in [4.78, 5) is 75.8. The van der Waals surface area contributed by atoms with Crippen LogP contribution in [0.3, 0.4) is 0 Å². The molecular weight excluding hydrogens is 558 g/mol. The Morgan fingerprint density at radius 1 is 0.829 bits per heavy atom. The SMILES string of the molecule is CSCCC(NC(=O)C(Cc1c[nH]c2ccccc12)NC(=O)C(N)CCC(=O)O)C(=O)NC(CCC(=O)O)C(=O)O. The van der Waals surface area contributed by atoms with Gasteiger partial charge in [-0.2, -0.15) is 11.8 Å². The molecule has 0 saturated carbocycles. The molecule has 0 radical (unpaired) electrons. The first kappa shape index (κ1) is 33.1. The zero-order valence-corrected chi connectivity index (χ0v) is 23.2. The average molecular weight is 594 g/mol. The second kappa shape index (κ2) is 16.2. The summed E-state index contributed by atoms with van der Waals surface area (Å²) >= 11 is 1.39. The van der Waals surface area contributed by atoms with E-state index in [9.17, 15) is 33.9 Å². The van der Waals surface area contributed by atoms with Gasteiger partial charge in [0.2, 0.25) is 17.7 Å². The summed E-state index contributed by atoms with van der Waals surface area (Å²) in [5.41, 5.74) is 7.33. The van der Waals surface area contributed by atoms with Gasteiger partial charge in [-0.3, -0.25) is 24.0 Å². The topological polar surface area (TPSA) is 241 Å². The number of aliphatic carboxylic acids is 3. The molecule has 15 heteroatoms. The smallest absolute Gasteiger partial charge is 0.326 e. The number of rotatable bonds is 18. The molecule has 3 amide bonds. The number of carboxylic acids is 3. The lowest BCUT2D eigenvalue weighted by Crippen LogP contribution is -2.57. The van der Waals surface area contributed by atoms with Crippen LogP contribution in [0.25, 0.3) is 10.9 Å². The predicted octanol–water partition coefficient (Wildman–Crippen LogP) is 0.0594. The molecule has 224 valence electrons. The normalized spacial score (nSPS) is 13.9. The highest BCUT2D eigenvalue weighted by molar-refractivity contribution is 7.98. The Balaban J connectivity index is 2.27. The van der Waals surface area contributed by atoms with Crippen LogP contribution < -0.4 is 21.7 Å². The van der Waals surface area contributed by atoms with E-state index in [-0.39, 0.29) is 32.1 Å². The lowest BCUT2D eigenvalue weighted by Gasteiger charge is -2.25. The zero-order chi connectivity index (χ0) is 30.5. The standard InChI is InChI=1S/C26H35N5O9S/c1-41-11-10-18(24(37)30-19(26(39)40)7-9-22(34)35)29-25(38)20(31-23(36)16(27)6-8-21(32)33)12-14-13-28-17-5-3-2-4-15(14)17/h2-5,13,16,18-20,28H,6-12,27H2,1H3,(H,29,38)(H,30,37)(H,31,36)(H,32,33)(H,34,35)(H,39,40). The van der Waals surface area contributed by atoms with E-state index in [1.54, 1.807) is 18.5 Å². The van der Waals surface area contributed by atoms with Crippen LogP contribution in [0.5, 0.6) is 0 Å². The van der Waals surface area contributed by atoms with Crippen molar-refractivity contribution in [3.05, 3.63) is 36.0 Å². The molecule has 1 heterocycles. The molecule has 41 heavy (non-hydrogen) atoms. The molecular formula is C26H35N5O9S. The Morgan fingerprint density at radius 3 is 2.05 bits per heavy atom. The van der Waals surface area contributed by atoms with Crippen molar-refractivity contribution < 1.29 is 44.1 Å². The summed E-state index contributed by atoms with van der Waals surface area (Å²) in [7, 11) is 0. The number of benzene rings is 1. The molecule has 2 rings (SSSR count). The molecule has 0 fully saturated rings. The van der Waals surface area contributed by atoms with Crippen molar-refractivity contribution in [3.63, 3.8) is 0 Å². The molecule has 0 bridgehead atoms. The van der Waals surface area contributed by atoms with Gasteiger partial charge >= 0.3 is 17.9 Å². The summed E-state index contributed by atoms with van der Waals surface area (Å²) in [6.07, 6.45) is 2.23.